The Morgan fingerprint density at radius 1 is 1.33 bits per heavy atom. The molecule has 0 atom stereocenters. The molecule has 1 aliphatic carbocycles. The maximum Gasteiger partial charge on any atom is 0.325 e. The van der Waals surface area contributed by atoms with Crippen molar-refractivity contribution < 1.29 is 18.8 Å². The van der Waals surface area contributed by atoms with Gasteiger partial charge in [-0.05, 0) is 19.8 Å². The molecule has 0 aromatic carbocycles. The van der Waals surface area contributed by atoms with Crippen molar-refractivity contribution in [3.05, 3.63) is 11.7 Å². The first-order valence-corrected chi connectivity index (χ1v) is 8.57. The van der Waals surface area contributed by atoms with Crippen molar-refractivity contribution in [1.82, 2.24) is 20.4 Å². The second-order valence-corrected chi connectivity index (χ2v) is 6.02. The molecule has 0 saturated heterocycles. The third-order valence-electron chi connectivity index (χ3n) is 4.15. The molecule has 0 aliphatic heterocycles. The molecule has 134 valence electrons. The first kappa shape index (κ1) is 18.2. The van der Waals surface area contributed by atoms with E-state index in [0.29, 0.717) is 31.3 Å². The van der Waals surface area contributed by atoms with Crippen LogP contribution in [0.1, 0.15) is 56.7 Å². The van der Waals surface area contributed by atoms with E-state index in [1.165, 1.54) is 24.2 Å². The SMILES string of the molecule is CCOC(=O)CNC(=O)N(C)CCc1noc(C2CCCCC2)n1. The third kappa shape index (κ3) is 5.50. The Kier molecular flexibility index (Phi) is 7.02. The molecular weight excluding hydrogens is 312 g/mol. The molecule has 0 spiro atoms. The van der Waals surface area contributed by atoms with E-state index < -0.39 is 5.97 Å². The number of carbonyl (C=O) groups excluding carboxylic acids is 2. The van der Waals surface area contributed by atoms with E-state index in [0.717, 1.165) is 18.7 Å². The molecule has 2 rings (SSSR count). The molecule has 8 heteroatoms. The molecule has 1 aliphatic rings. The van der Waals surface area contributed by atoms with Crippen LogP contribution in [0.25, 0.3) is 0 Å². The van der Waals surface area contributed by atoms with E-state index in [2.05, 4.69) is 15.5 Å². The minimum absolute atomic E-state index is 0.134. The van der Waals surface area contributed by atoms with E-state index in [9.17, 15) is 9.59 Å². The highest BCUT2D eigenvalue weighted by Crippen LogP contribution is 2.31. The molecule has 1 aromatic rings. The first-order valence-electron chi connectivity index (χ1n) is 8.57. The third-order valence-corrected chi connectivity index (χ3v) is 4.15. The molecule has 1 N–H and O–H groups in total. The molecule has 8 nitrogen and oxygen atoms in total. The first-order chi connectivity index (χ1) is 11.6. The van der Waals surface area contributed by atoms with Crippen molar-refractivity contribution in [2.45, 2.75) is 51.4 Å². The van der Waals surface area contributed by atoms with Gasteiger partial charge in [0.25, 0.3) is 0 Å². The number of carbonyl (C=O) groups is 2. The number of amides is 2. The average molecular weight is 338 g/mol. The van der Waals surface area contributed by atoms with Crippen LogP contribution in [0.15, 0.2) is 4.52 Å². The van der Waals surface area contributed by atoms with Crippen LogP contribution in [-0.4, -0.2) is 53.8 Å². The van der Waals surface area contributed by atoms with Crippen LogP contribution in [-0.2, 0) is 16.0 Å². The van der Waals surface area contributed by atoms with Gasteiger partial charge in [0.15, 0.2) is 5.82 Å². The molecule has 1 heterocycles. The van der Waals surface area contributed by atoms with Crippen molar-refractivity contribution in [1.29, 1.82) is 0 Å². The number of aromatic nitrogens is 2. The van der Waals surface area contributed by atoms with Crippen LogP contribution in [0.2, 0.25) is 0 Å². The average Bonchev–Trinajstić information content (AvgIpc) is 3.07. The lowest BCUT2D eigenvalue weighted by molar-refractivity contribution is -0.141. The Bertz CT molecular complexity index is 540. The van der Waals surface area contributed by atoms with Gasteiger partial charge >= 0.3 is 12.0 Å². The van der Waals surface area contributed by atoms with E-state index in [-0.39, 0.29) is 12.6 Å². The van der Waals surface area contributed by atoms with E-state index in [1.54, 1.807) is 14.0 Å². The van der Waals surface area contributed by atoms with E-state index in [1.807, 2.05) is 0 Å². The van der Waals surface area contributed by atoms with Gasteiger partial charge in [0.2, 0.25) is 5.89 Å². The van der Waals surface area contributed by atoms with Gasteiger partial charge in [0.05, 0.1) is 6.61 Å². The van der Waals surface area contributed by atoms with Crippen molar-refractivity contribution in [3.8, 4) is 0 Å². The van der Waals surface area contributed by atoms with Gasteiger partial charge in [-0.25, -0.2) is 4.79 Å². The highest BCUT2D eigenvalue weighted by Gasteiger charge is 2.21. The quantitative estimate of drug-likeness (QED) is 0.762. The maximum absolute atomic E-state index is 11.9. The molecule has 1 fully saturated rings. The van der Waals surface area contributed by atoms with Gasteiger partial charge < -0.3 is 19.5 Å². The van der Waals surface area contributed by atoms with Crippen molar-refractivity contribution in [2.24, 2.45) is 0 Å². The molecule has 0 unspecified atom stereocenters. The fourth-order valence-corrected chi connectivity index (χ4v) is 2.75. The van der Waals surface area contributed by atoms with Gasteiger partial charge in [-0.3, -0.25) is 4.79 Å². The molecule has 1 aromatic heterocycles. The Hall–Kier alpha value is -2.12. The summed E-state index contributed by atoms with van der Waals surface area (Å²) in [6.07, 6.45) is 6.44. The van der Waals surface area contributed by atoms with Gasteiger partial charge in [-0.1, -0.05) is 24.4 Å². The molecular formula is C16H26N4O4. The molecule has 2 amide bonds. The van der Waals surface area contributed by atoms with Crippen molar-refractivity contribution >= 4 is 12.0 Å². The lowest BCUT2D eigenvalue weighted by Gasteiger charge is -2.17. The van der Waals surface area contributed by atoms with Crippen LogP contribution < -0.4 is 5.32 Å². The van der Waals surface area contributed by atoms with Crippen molar-refractivity contribution in [2.75, 3.05) is 26.7 Å². The van der Waals surface area contributed by atoms with Crippen LogP contribution in [0.3, 0.4) is 0 Å². The van der Waals surface area contributed by atoms with Crippen molar-refractivity contribution in [3.63, 3.8) is 0 Å². The molecule has 0 radical (unpaired) electrons. The zero-order valence-corrected chi connectivity index (χ0v) is 14.4. The monoisotopic (exact) mass is 338 g/mol. The smallest absolute Gasteiger partial charge is 0.325 e. The summed E-state index contributed by atoms with van der Waals surface area (Å²) in [5, 5.41) is 6.51. The topological polar surface area (TPSA) is 97.6 Å². The lowest BCUT2D eigenvalue weighted by Crippen LogP contribution is -2.41. The number of nitrogens with zero attached hydrogens (tertiary/aromatic N) is 3. The summed E-state index contributed by atoms with van der Waals surface area (Å²) >= 11 is 0. The largest absolute Gasteiger partial charge is 0.465 e. The summed E-state index contributed by atoms with van der Waals surface area (Å²) in [5.74, 6) is 1.26. The Balaban J connectivity index is 1.73. The standard InChI is InChI=1S/C16H26N4O4/c1-3-23-14(21)11-17-16(22)20(2)10-9-13-18-15(24-19-13)12-7-5-4-6-8-12/h12H,3-11H2,1-2H3,(H,17,22). The van der Waals surface area contributed by atoms with Gasteiger partial charge in [-0.15, -0.1) is 0 Å². The fraction of sp³-hybridized carbons (Fsp3) is 0.750. The highest BCUT2D eigenvalue weighted by molar-refractivity contribution is 5.80. The summed E-state index contributed by atoms with van der Waals surface area (Å²) < 4.78 is 10.1. The number of urea groups is 1. The Morgan fingerprint density at radius 3 is 2.79 bits per heavy atom. The normalized spacial score (nSPS) is 15.1. The predicted molar refractivity (Wildman–Crippen MR) is 86.5 cm³/mol. The number of hydrogen-bond donors (Lipinski definition) is 1. The number of esters is 1. The summed E-state index contributed by atoms with van der Waals surface area (Å²) in [5.41, 5.74) is 0. The minimum Gasteiger partial charge on any atom is -0.465 e. The summed E-state index contributed by atoms with van der Waals surface area (Å²) in [6.45, 7) is 2.33. The second-order valence-electron chi connectivity index (χ2n) is 6.02. The van der Waals surface area contributed by atoms with Gasteiger partial charge in [-0.2, -0.15) is 4.98 Å². The minimum atomic E-state index is -0.449. The van der Waals surface area contributed by atoms with Gasteiger partial charge in [0.1, 0.15) is 6.54 Å². The van der Waals surface area contributed by atoms with Crippen LogP contribution in [0.5, 0.6) is 0 Å². The summed E-state index contributed by atoms with van der Waals surface area (Å²) in [7, 11) is 1.66. The Morgan fingerprint density at radius 2 is 2.08 bits per heavy atom. The molecule has 0 bridgehead atoms. The number of likely N-dealkylation sites (N-methyl/N-ethyl adjacent to an activating group) is 1. The molecule has 1 saturated carbocycles. The predicted octanol–water partition coefficient (Wildman–Crippen LogP) is 1.86. The molecule has 24 heavy (non-hydrogen) atoms. The zero-order chi connectivity index (χ0) is 17.4. The lowest BCUT2D eigenvalue weighted by atomic mass is 9.89. The summed E-state index contributed by atoms with van der Waals surface area (Å²) in [4.78, 5) is 29.0. The number of hydrogen-bond acceptors (Lipinski definition) is 6. The highest BCUT2D eigenvalue weighted by atomic mass is 16.5. The van der Waals surface area contributed by atoms with Crippen LogP contribution >= 0.6 is 0 Å². The zero-order valence-electron chi connectivity index (χ0n) is 14.4. The second kappa shape index (κ2) is 9.24. The van der Waals surface area contributed by atoms with Gasteiger partial charge in [0, 0.05) is 25.9 Å². The van der Waals surface area contributed by atoms with Crippen LogP contribution in [0, 0.1) is 0 Å². The van der Waals surface area contributed by atoms with E-state index in [4.69, 9.17) is 9.26 Å². The fourth-order valence-electron chi connectivity index (χ4n) is 2.75. The van der Waals surface area contributed by atoms with Crippen LogP contribution in [0.4, 0.5) is 4.79 Å². The summed E-state index contributed by atoms with van der Waals surface area (Å²) in [6, 6.07) is -0.334. The number of nitrogens with one attached hydrogen (secondary N) is 1. The Labute approximate surface area is 141 Å². The van der Waals surface area contributed by atoms with E-state index >= 15 is 0 Å². The maximum atomic E-state index is 11.9. The number of ether oxygens (including phenoxy) is 1. The number of rotatable bonds is 7.